The molecule has 1 unspecified atom stereocenters. The van der Waals surface area contributed by atoms with Crippen LogP contribution in [0.3, 0.4) is 0 Å². The highest BCUT2D eigenvalue weighted by molar-refractivity contribution is 14.0. The zero-order valence-corrected chi connectivity index (χ0v) is 17.8. The van der Waals surface area contributed by atoms with Gasteiger partial charge in [-0.15, -0.1) is 24.0 Å². The second-order valence-corrected chi connectivity index (χ2v) is 6.05. The molecule has 0 aliphatic carbocycles. The van der Waals surface area contributed by atoms with Crippen molar-refractivity contribution in [2.24, 2.45) is 17.8 Å². The fourth-order valence-electron chi connectivity index (χ4n) is 2.82. The summed E-state index contributed by atoms with van der Waals surface area (Å²) in [7, 11) is 1.89. The number of amides is 1. The van der Waals surface area contributed by atoms with Crippen molar-refractivity contribution in [3.8, 4) is 0 Å². The summed E-state index contributed by atoms with van der Waals surface area (Å²) in [5.74, 6) is 0.927. The number of nitrogens with zero attached hydrogens (tertiary/aromatic N) is 4. The smallest absolute Gasteiger partial charge is 0.284 e. The van der Waals surface area contributed by atoms with E-state index < -0.39 is 5.91 Å². The van der Waals surface area contributed by atoms with Crippen LogP contribution in [0.2, 0.25) is 0 Å². The molecule has 1 fully saturated rings. The van der Waals surface area contributed by atoms with Crippen molar-refractivity contribution >= 4 is 35.8 Å². The third-order valence-electron chi connectivity index (χ3n) is 4.09. The van der Waals surface area contributed by atoms with Crippen LogP contribution in [0, 0.1) is 0 Å². The van der Waals surface area contributed by atoms with E-state index >= 15 is 0 Å². The Bertz CT molecular complexity index is 787. The maximum absolute atomic E-state index is 11.1. The van der Waals surface area contributed by atoms with E-state index in [0.29, 0.717) is 25.5 Å². The number of ether oxygens (including phenoxy) is 1. The number of carbonyl (C=O) groups excluding carboxylic acids is 1. The van der Waals surface area contributed by atoms with Gasteiger partial charge in [-0.3, -0.25) is 9.48 Å². The van der Waals surface area contributed by atoms with Gasteiger partial charge in [0.15, 0.2) is 11.7 Å². The average molecular weight is 488 g/mol. The number of furan rings is 1. The summed E-state index contributed by atoms with van der Waals surface area (Å²) in [6.07, 6.45) is 3.74. The molecule has 3 N–H and O–H groups in total. The first kappa shape index (κ1) is 21.2. The van der Waals surface area contributed by atoms with Gasteiger partial charge in [0, 0.05) is 31.9 Å². The summed E-state index contributed by atoms with van der Waals surface area (Å²) in [5.41, 5.74) is 6.26. The topological polar surface area (TPSA) is 111 Å². The number of nitrogens with two attached hydrogens (primary N) is 1. The van der Waals surface area contributed by atoms with Gasteiger partial charge in [0.05, 0.1) is 19.3 Å². The molecule has 0 aromatic carbocycles. The Kier molecular flexibility index (Phi) is 7.66. The van der Waals surface area contributed by atoms with Crippen LogP contribution < -0.4 is 11.1 Å². The Morgan fingerprint density at radius 2 is 2.30 bits per heavy atom. The standard InChI is InChI=1S/C17H24N6O3.HI/c1-3-19-17(20-9-13-4-5-14(26-13)16(18)24)23-6-7-25-15(11-23)12-8-21-22(2)10-12;/h4-5,8,10,15H,3,6-7,9,11H2,1-2H3,(H2,18,24)(H,19,20);1H. The molecule has 0 radical (unpaired) electrons. The van der Waals surface area contributed by atoms with Crippen LogP contribution in [0.4, 0.5) is 0 Å². The number of guanidine groups is 1. The largest absolute Gasteiger partial charge is 0.454 e. The van der Waals surface area contributed by atoms with Crippen molar-refractivity contribution in [2.45, 2.75) is 19.6 Å². The Balaban J connectivity index is 0.00000261. The number of nitrogens with one attached hydrogen (secondary N) is 1. The summed E-state index contributed by atoms with van der Waals surface area (Å²) in [4.78, 5) is 17.9. The van der Waals surface area contributed by atoms with E-state index in [4.69, 9.17) is 14.9 Å². The molecule has 0 saturated carbocycles. The van der Waals surface area contributed by atoms with Gasteiger partial charge in [0.1, 0.15) is 18.4 Å². The quantitative estimate of drug-likeness (QED) is 0.373. The highest BCUT2D eigenvalue weighted by Crippen LogP contribution is 2.21. The van der Waals surface area contributed by atoms with E-state index in [2.05, 4.69) is 20.3 Å². The normalized spacial score (nSPS) is 17.5. The molecule has 2 aromatic heterocycles. The number of morpholine rings is 1. The molecule has 0 spiro atoms. The summed E-state index contributed by atoms with van der Waals surface area (Å²) in [6, 6.07) is 3.28. The molecule has 10 heteroatoms. The minimum Gasteiger partial charge on any atom is -0.454 e. The minimum atomic E-state index is -0.584. The molecule has 1 saturated heterocycles. The van der Waals surface area contributed by atoms with Crippen LogP contribution in [0.1, 0.15) is 34.9 Å². The molecule has 3 rings (SSSR count). The molecule has 3 heterocycles. The van der Waals surface area contributed by atoms with Gasteiger partial charge in [-0.1, -0.05) is 0 Å². The maximum atomic E-state index is 11.1. The lowest BCUT2D eigenvalue weighted by atomic mass is 10.1. The van der Waals surface area contributed by atoms with E-state index in [1.165, 1.54) is 0 Å². The molecular formula is C17H25IN6O3. The predicted octanol–water partition coefficient (Wildman–Crippen LogP) is 1.27. The Hall–Kier alpha value is -2.08. The number of hydrogen-bond acceptors (Lipinski definition) is 5. The lowest BCUT2D eigenvalue weighted by Gasteiger charge is -2.34. The van der Waals surface area contributed by atoms with Crippen molar-refractivity contribution < 1.29 is 13.9 Å². The van der Waals surface area contributed by atoms with Gasteiger partial charge in [0.25, 0.3) is 5.91 Å². The van der Waals surface area contributed by atoms with Crippen LogP contribution in [0.15, 0.2) is 33.9 Å². The summed E-state index contributed by atoms with van der Waals surface area (Å²) in [5, 5.41) is 7.51. The first-order chi connectivity index (χ1) is 12.6. The highest BCUT2D eigenvalue weighted by atomic mass is 127. The Labute approximate surface area is 174 Å². The lowest BCUT2D eigenvalue weighted by Crippen LogP contribution is -2.48. The van der Waals surface area contributed by atoms with Gasteiger partial charge in [-0.05, 0) is 19.1 Å². The van der Waals surface area contributed by atoms with E-state index in [9.17, 15) is 4.79 Å². The number of hydrogen-bond donors (Lipinski definition) is 2. The van der Waals surface area contributed by atoms with Crippen molar-refractivity contribution in [1.82, 2.24) is 20.0 Å². The monoisotopic (exact) mass is 488 g/mol. The fraction of sp³-hybridized carbons (Fsp3) is 0.471. The molecule has 9 nitrogen and oxygen atoms in total. The zero-order valence-electron chi connectivity index (χ0n) is 15.4. The van der Waals surface area contributed by atoms with Crippen LogP contribution >= 0.6 is 24.0 Å². The molecule has 1 atom stereocenters. The van der Waals surface area contributed by atoms with Gasteiger partial charge < -0.3 is 25.1 Å². The van der Waals surface area contributed by atoms with Crippen molar-refractivity contribution in [3.05, 3.63) is 41.6 Å². The number of aliphatic imine (C=N–C) groups is 1. The van der Waals surface area contributed by atoms with Crippen LogP contribution in [0.25, 0.3) is 0 Å². The lowest BCUT2D eigenvalue weighted by molar-refractivity contribution is -0.00806. The second-order valence-electron chi connectivity index (χ2n) is 6.05. The number of primary amides is 1. The van der Waals surface area contributed by atoms with Crippen LogP contribution in [-0.4, -0.2) is 52.8 Å². The molecule has 148 valence electrons. The van der Waals surface area contributed by atoms with Crippen molar-refractivity contribution in [2.75, 3.05) is 26.2 Å². The van der Waals surface area contributed by atoms with E-state index in [-0.39, 0.29) is 35.8 Å². The third-order valence-corrected chi connectivity index (χ3v) is 4.09. The molecule has 1 amide bonds. The molecular weight excluding hydrogens is 463 g/mol. The van der Waals surface area contributed by atoms with Crippen LogP contribution in [-0.2, 0) is 18.3 Å². The highest BCUT2D eigenvalue weighted by Gasteiger charge is 2.25. The predicted molar refractivity (Wildman–Crippen MR) is 111 cm³/mol. The molecule has 1 aliphatic rings. The summed E-state index contributed by atoms with van der Waals surface area (Å²) >= 11 is 0. The fourth-order valence-corrected chi connectivity index (χ4v) is 2.82. The molecule has 2 aromatic rings. The average Bonchev–Trinajstić information content (AvgIpc) is 3.28. The SMILES string of the molecule is CCNC(=NCc1ccc(C(N)=O)o1)N1CCOC(c2cnn(C)c2)C1.I. The van der Waals surface area contributed by atoms with E-state index in [0.717, 1.165) is 24.6 Å². The summed E-state index contributed by atoms with van der Waals surface area (Å²) in [6.45, 7) is 5.13. The molecule has 0 bridgehead atoms. The zero-order chi connectivity index (χ0) is 18.5. The van der Waals surface area contributed by atoms with Crippen molar-refractivity contribution in [1.29, 1.82) is 0 Å². The van der Waals surface area contributed by atoms with Gasteiger partial charge >= 0.3 is 0 Å². The minimum absolute atomic E-state index is 0. The van der Waals surface area contributed by atoms with Gasteiger partial charge in [-0.2, -0.15) is 5.10 Å². The van der Waals surface area contributed by atoms with Gasteiger partial charge in [0.2, 0.25) is 0 Å². The first-order valence-corrected chi connectivity index (χ1v) is 8.58. The number of rotatable bonds is 5. The number of halogens is 1. The number of aromatic nitrogens is 2. The number of aryl methyl sites for hydroxylation is 1. The Morgan fingerprint density at radius 1 is 1.48 bits per heavy atom. The molecule has 1 aliphatic heterocycles. The third kappa shape index (κ3) is 5.45. The molecule has 27 heavy (non-hydrogen) atoms. The van der Waals surface area contributed by atoms with E-state index in [1.54, 1.807) is 16.8 Å². The van der Waals surface area contributed by atoms with E-state index in [1.807, 2.05) is 26.4 Å². The van der Waals surface area contributed by atoms with Gasteiger partial charge in [-0.25, -0.2) is 4.99 Å². The maximum Gasteiger partial charge on any atom is 0.284 e. The van der Waals surface area contributed by atoms with Crippen LogP contribution in [0.5, 0.6) is 0 Å². The van der Waals surface area contributed by atoms with Crippen molar-refractivity contribution in [3.63, 3.8) is 0 Å². The Morgan fingerprint density at radius 3 is 2.93 bits per heavy atom. The first-order valence-electron chi connectivity index (χ1n) is 8.58. The summed E-state index contributed by atoms with van der Waals surface area (Å²) < 4.78 is 13.0. The second kappa shape index (κ2) is 9.74. The number of carbonyl (C=O) groups is 1.